The minimum Gasteiger partial charge on any atom is -0.326 e. The zero-order chi connectivity index (χ0) is 13.4. The molecule has 0 saturated heterocycles. The number of para-hydroxylation sites is 1. The fourth-order valence-corrected chi connectivity index (χ4v) is 2.28. The normalized spacial score (nSPS) is 10.6. The molecule has 1 aromatic carbocycles. The number of hydrogen-bond acceptors (Lipinski definition) is 3. The third-order valence-electron chi connectivity index (χ3n) is 2.99. The summed E-state index contributed by atoms with van der Waals surface area (Å²) in [5.41, 5.74) is 3.01. The number of pyridine rings is 1. The van der Waals surface area contributed by atoms with Crippen LogP contribution in [0.25, 0.3) is 22.6 Å². The van der Waals surface area contributed by atoms with Gasteiger partial charge in [0.2, 0.25) is 0 Å². The molecule has 19 heavy (non-hydrogen) atoms. The van der Waals surface area contributed by atoms with E-state index in [1.165, 1.54) is 0 Å². The fourth-order valence-electron chi connectivity index (χ4n) is 2.04. The number of hydrogen-bond donors (Lipinski definition) is 0. The summed E-state index contributed by atoms with van der Waals surface area (Å²) in [5, 5.41) is 9.12. The second kappa shape index (κ2) is 4.48. The average molecular weight is 313 g/mol. The Balaban J connectivity index is 2.29. The van der Waals surface area contributed by atoms with Gasteiger partial charge in [0.15, 0.2) is 5.82 Å². The van der Waals surface area contributed by atoms with Crippen molar-refractivity contribution in [1.82, 2.24) is 14.5 Å². The summed E-state index contributed by atoms with van der Waals surface area (Å²) in [6, 6.07) is 11.6. The number of halogens is 1. The molecule has 0 fully saturated rings. The Hall–Kier alpha value is -2.19. The molecule has 0 atom stereocenters. The van der Waals surface area contributed by atoms with Gasteiger partial charge in [0.05, 0.1) is 11.1 Å². The van der Waals surface area contributed by atoms with E-state index in [9.17, 15) is 0 Å². The average Bonchev–Trinajstić information content (AvgIpc) is 2.77. The molecule has 0 spiro atoms. The van der Waals surface area contributed by atoms with Crippen molar-refractivity contribution >= 4 is 27.0 Å². The lowest BCUT2D eigenvalue weighted by atomic mass is 10.2. The summed E-state index contributed by atoms with van der Waals surface area (Å²) in [7, 11) is 1.93. The lowest BCUT2D eigenvalue weighted by molar-refractivity contribution is 0.950. The SMILES string of the molecule is Cn1c(-c2ccc(Br)cn2)nc2c(C#N)cccc21. The molecule has 0 aliphatic rings. The third-order valence-corrected chi connectivity index (χ3v) is 3.46. The Morgan fingerprint density at radius 3 is 2.79 bits per heavy atom. The van der Waals surface area contributed by atoms with Crippen LogP contribution in [-0.4, -0.2) is 14.5 Å². The predicted molar refractivity (Wildman–Crippen MR) is 76.4 cm³/mol. The summed E-state index contributed by atoms with van der Waals surface area (Å²) in [6.07, 6.45) is 1.74. The quantitative estimate of drug-likeness (QED) is 0.693. The first-order valence-corrected chi connectivity index (χ1v) is 6.47. The highest BCUT2D eigenvalue weighted by atomic mass is 79.9. The van der Waals surface area contributed by atoms with Crippen LogP contribution < -0.4 is 0 Å². The molecule has 0 aliphatic carbocycles. The highest BCUT2D eigenvalue weighted by Gasteiger charge is 2.13. The molecule has 0 radical (unpaired) electrons. The Morgan fingerprint density at radius 2 is 2.11 bits per heavy atom. The van der Waals surface area contributed by atoms with Gasteiger partial charge in [0, 0.05) is 17.7 Å². The van der Waals surface area contributed by atoms with Crippen LogP contribution in [0.4, 0.5) is 0 Å². The van der Waals surface area contributed by atoms with Gasteiger partial charge in [-0.05, 0) is 40.2 Å². The number of aromatic nitrogens is 3. The number of rotatable bonds is 1. The van der Waals surface area contributed by atoms with Crippen molar-refractivity contribution < 1.29 is 0 Å². The van der Waals surface area contributed by atoms with E-state index in [4.69, 9.17) is 5.26 Å². The Bertz CT molecular complexity index is 797. The van der Waals surface area contributed by atoms with Crippen LogP contribution in [0, 0.1) is 11.3 Å². The van der Waals surface area contributed by atoms with Crippen LogP contribution in [0.1, 0.15) is 5.56 Å². The van der Waals surface area contributed by atoms with Gasteiger partial charge in [-0.15, -0.1) is 0 Å². The molecule has 0 amide bonds. The van der Waals surface area contributed by atoms with Gasteiger partial charge >= 0.3 is 0 Å². The number of benzene rings is 1. The van der Waals surface area contributed by atoms with Crippen molar-refractivity contribution in [2.75, 3.05) is 0 Å². The van der Waals surface area contributed by atoms with E-state index >= 15 is 0 Å². The van der Waals surface area contributed by atoms with Crippen LogP contribution in [0.15, 0.2) is 41.0 Å². The first-order valence-electron chi connectivity index (χ1n) is 5.68. The zero-order valence-electron chi connectivity index (χ0n) is 10.1. The minimum atomic E-state index is 0.580. The zero-order valence-corrected chi connectivity index (χ0v) is 11.7. The van der Waals surface area contributed by atoms with E-state index in [-0.39, 0.29) is 0 Å². The van der Waals surface area contributed by atoms with Gasteiger partial charge in [0.25, 0.3) is 0 Å². The topological polar surface area (TPSA) is 54.5 Å². The van der Waals surface area contributed by atoms with E-state index in [0.717, 1.165) is 21.5 Å². The maximum Gasteiger partial charge on any atom is 0.159 e. The van der Waals surface area contributed by atoms with Crippen LogP contribution in [0.5, 0.6) is 0 Å². The smallest absolute Gasteiger partial charge is 0.159 e. The van der Waals surface area contributed by atoms with Gasteiger partial charge in [0.1, 0.15) is 17.3 Å². The monoisotopic (exact) mass is 312 g/mol. The van der Waals surface area contributed by atoms with E-state index in [1.807, 2.05) is 35.9 Å². The first kappa shape index (κ1) is 11.9. The lowest BCUT2D eigenvalue weighted by Crippen LogP contribution is -1.94. The summed E-state index contributed by atoms with van der Waals surface area (Å²) >= 11 is 3.36. The van der Waals surface area contributed by atoms with Gasteiger partial charge in [-0.25, -0.2) is 4.98 Å². The van der Waals surface area contributed by atoms with E-state index in [2.05, 4.69) is 32.0 Å². The Morgan fingerprint density at radius 1 is 1.26 bits per heavy atom. The molecule has 0 aliphatic heterocycles. The second-order valence-corrected chi connectivity index (χ2v) is 5.06. The van der Waals surface area contributed by atoms with Crippen LogP contribution in [0.2, 0.25) is 0 Å². The molecule has 0 N–H and O–H groups in total. The molecule has 0 bridgehead atoms. The summed E-state index contributed by atoms with van der Waals surface area (Å²) < 4.78 is 2.87. The summed E-state index contributed by atoms with van der Waals surface area (Å²) in [5.74, 6) is 0.755. The van der Waals surface area contributed by atoms with Crippen LogP contribution >= 0.6 is 15.9 Å². The van der Waals surface area contributed by atoms with Crippen LogP contribution in [-0.2, 0) is 7.05 Å². The third kappa shape index (κ3) is 1.90. The number of fused-ring (bicyclic) bond motifs is 1. The van der Waals surface area contributed by atoms with E-state index in [0.29, 0.717) is 11.1 Å². The Labute approximate surface area is 118 Å². The molecule has 3 rings (SSSR count). The number of aryl methyl sites for hydroxylation is 1. The Kier molecular flexibility index (Phi) is 2.80. The standard InChI is InChI=1S/C14H9BrN4/c1-19-12-4-2-3-9(7-16)13(12)18-14(19)11-6-5-10(15)8-17-11/h2-6,8H,1H3. The number of imidazole rings is 1. The molecular formula is C14H9BrN4. The summed E-state index contributed by atoms with van der Waals surface area (Å²) in [6.45, 7) is 0. The number of nitriles is 1. The van der Waals surface area contributed by atoms with Crippen molar-refractivity contribution in [3.63, 3.8) is 0 Å². The van der Waals surface area contributed by atoms with Gasteiger partial charge in [-0.3, -0.25) is 4.98 Å². The maximum absolute atomic E-state index is 9.12. The first-order chi connectivity index (χ1) is 9.20. The number of nitrogens with zero attached hydrogens (tertiary/aromatic N) is 4. The highest BCUT2D eigenvalue weighted by molar-refractivity contribution is 9.10. The molecular weight excluding hydrogens is 304 g/mol. The molecule has 2 aromatic heterocycles. The van der Waals surface area contributed by atoms with Gasteiger partial charge in [-0.1, -0.05) is 6.07 Å². The molecule has 0 saturated carbocycles. The van der Waals surface area contributed by atoms with Crippen LogP contribution in [0.3, 0.4) is 0 Å². The van der Waals surface area contributed by atoms with Gasteiger partial charge in [-0.2, -0.15) is 5.26 Å². The minimum absolute atomic E-state index is 0.580. The molecule has 5 heteroatoms. The van der Waals surface area contributed by atoms with Crippen molar-refractivity contribution in [3.8, 4) is 17.6 Å². The van der Waals surface area contributed by atoms with Crippen molar-refractivity contribution in [1.29, 1.82) is 5.26 Å². The van der Waals surface area contributed by atoms with Crippen molar-refractivity contribution in [2.24, 2.45) is 7.05 Å². The molecule has 0 unspecified atom stereocenters. The van der Waals surface area contributed by atoms with Crippen molar-refractivity contribution in [3.05, 3.63) is 46.6 Å². The lowest BCUT2D eigenvalue weighted by Gasteiger charge is -2.01. The fraction of sp³-hybridized carbons (Fsp3) is 0.0714. The largest absolute Gasteiger partial charge is 0.326 e. The predicted octanol–water partition coefficient (Wildman–Crippen LogP) is 3.27. The molecule has 2 heterocycles. The second-order valence-electron chi connectivity index (χ2n) is 4.14. The van der Waals surface area contributed by atoms with E-state index in [1.54, 1.807) is 12.3 Å². The molecule has 4 nitrogen and oxygen atoms in total. The molecule has 92 valence electrons. The summed E-state index contributed by atoms with van der Waals surface area (Å²) in [4.78, 5) is 8.89. The molecule has 3 aromatic rings. The van der Waals surface area contributed by atoms with Gasteiger partial charge < -0.3 is 4.57 Å². The highest BCUT2D eigenvalue weighted by Crippen LogP contribution is 2.24. The maximum atomic E-state index is 9.12. The van der Waals surface area contributed by atoms with E-state index < -0.39 is 0 Å². The van der Waals surface area contributed by atoms with Crippen molar-refractivity contribution in [2.45, 2.75) is 0 Å².